The summed E-state index contributed by atoms with van der Waals surface area (Å²) in [5, 5.41) is 2.98. The molecule has 1 aliphatic rings. The van der Waals surface area contributed by atoms with Gasteiger partial charge >= 0.3 is 0 Å². The van der Waals surface area contributed by atoms with Gasteiger partial charge in [-0.1, -0.05) is 0 Å². The normalized spacial score (nSPS) is 20.9. The van der Waals surface area contributed by atoms with Gasteiger partial charge in [-0.25, -0.2) is 0 Å². The van der Waals surface area contributed by atoms with E-state index in [1.807, 2.05) is 6.92 Å². The summed E-state index contributed by atoms with van der Waals surface area (Å²) in [5.74, 6) is -0.107. The predicted octanol–water partition coefficient (Wildman–Crippen LogP) is -0.0522. The number of amides is 1. The van der Waals surface area contributed by atoms with Crippen LogP contribution < -0.4 is 11.1 Å². The molecule has 0 spiro atoms. The van der Waals surface area contributed by atoms with Crippen LogP contribution in [0, 0.1) is 6.92 Å². The summed E-state index contributed by atoms with van der Waals surface area (Å²) in [5.41, 5.74) is 7.45. The fourth-order valence-corrected chi connectivity index (χ4v) is 2.41. The van der Waals surface area contributed by atoms with Gasteiger partial charge in [-0.2, -0.15) is 0 Å². The molecule has 6 heteroatoms. The molecule has 1 unspecified atom stereocenters. The maximum atomic E-state index is 12.2. The molecule has 0 bridgehead atoms. The van der Waals surface area contributed by atoms with E-state index in [0.29, 0.717) is 29.5 Å². The Balaban J connectivity index is 1.96. The highest BCUT2D eigenvalue weighted by molar-refractivity contribution is 5.95. The lowest BCUT2D eigenvalue weighted by atomic mass is 10.1. The summed E-state index contributed by atoms with van der Waals surface area (Å²) in [6, 6.07) is 2.01. The zero-order valence-corrected chi connectivity index (χ0v) is 12.4. The second kappa shape index (κ2) is 6.19. The third-order valence-electron chi connectivity index (χ3n) is 3.83. The lowest BCUT2D eigenvalue weighted by Crippen LogP contribution is -2.54. The van der Waals surface area contributed by atoms with Crippen LogP contribution in [0.25, 0.3) is 0 Å². The molecule has 1 aliphatic heterocycles. The molecule has 3 N–H and O–H groups in total. The molecule has 0 saturated carbocycles. The molecule has 2 rings (SSSR count). The van der Waals surface area contributed by atoms with Crippen LogP contribution in [0.4, 0.5) is 5.69 Å². The standard InChI is InChI=1S/C14H23N5O/c1-10-13(6-11(15)7-16-10)14(20)17-8-12-9-18(2)4-5-19(12)3/h6-7,12H,4-5,8-9,15H2,1-3H3,(H,17,20). The SMILES string of the molecule is Cc1ncc(N)cc1C(=O)NCC1CN(C)CCN1C. The molecule has 1 fully saturated rings. The van der Waals surface area contributed by atoms with Gasteiger partial charge in [0.1, 0.15) is 0 Å². The Morgan fingerprint density at radius 1 is 1.50 bits per heavy atom. The van der Waals surface area contributed by atoms with E-state index in [1.165, 1.54) is 0 Å². The van der Waals surface area contributed by atoms with Gasteiger partial charge in [0, 0.05) is 32.2 Å². The number of nitrogens with two attached hydrogens (primary N) is 1. The first kappa shape index (κ1) is 14.7. The van der Waals surface area contributed by atoms with Crippen molar-refractivity contribution in [1.82, 2.24) is 20.1 Å². The number of carbonyl (C=O) groups is 1. The number of nitrogen functional groups attached to an aromatic ring is 1. The zero-order valence-electron chi connectivity index (χ0n) is 12.4. The van der Waals surface area contributed by atoms with Crippen molar-refractivity contribution in [3.05, 3.63) is 23.5 Å². The summed E-state index contributed by atoms with van der Waals surface area (Å²) >= 11 is 0. The Morgan fingerprint density at radius 2 is 2.25 bits per heavy atom. The fraction of sp³-hybridized carbons (Fsp3) is 0.571. The Morgan fingerprint density at radius 3 is 3.00 bits per heavy atom. The van der Waals surface area contributed by atoms with Crippen LogP contribution >= 0.6 is 0 Å². The van der Waals surface area contributed by atoms with Crippen LogP contribution in [0.3, 0.4) is 0 Å². The Hall–Kier alpha value is -1.66. The van der Waals surface area contributed by atoms with Crippen molar-refractivity contribution in [2.45, 2.75) is 13.0 Å². The van der Waals surface area contributed by atoms with Gasteiger partial charge in [0.25, 0.3) is 5.91 Å². The van der Waals surface area contributed by atoms with Crippen LogP contribution in [0.15, 0.2) is 12.3 Å². The number of carbonyl (C=O) groups excluding carboxylic acids is 1. The number of hydrogen-bond donors (Lipinski definition) is 2. The van der Waals surface area contributed by atoms with E-state index < -0.39 is 0 Å². The monoisotopic (exact) mass is 277 g/mol. The molecular weight excluding hydrogens is 254 g/mol. The maximum absolute atomic E-state index is 12.2. The summed E-state index contributed by atoms with van der Waals surface area (Å²) in [7, 11) is 4.20. The Bertz CT molecular complexity index is 490. The van der Waals surface area contributed by atoms with Crippen molar-refractivity contribution in [2.24, 2.45) is 0 Å². The van der Waals surface area contributed by atoms with Crippen molar-refractivity contribution in [3.63, 3.8) is 0 Å². The first-order valence-corrected chi connectivity index (χ1v) is 6.86. The second-order valence-electron chi connectivity index (χ2n) is 5.51. The number of hydrogen-bond acceptors (Lipinski definition) is 5. The van der Waals surface area contributed by atoms with Crippen LogP contribution in [0.5, 0.6) is 0 Å². The van der Waals surface area contributed by atoms with Crippen molar-refractivity contribution in [1.29, 1.82) is 0 Å². The molecule has 1 aromatic rings. The number of anilines is 1. The topological polar surface area (TPSA) is 74.5 Å². The minimum absolute atomic E-state index is 0.107. The van der Waals surface area contributed by atoms with Gasteiger partial charge in [0.15, 0.2) is 0 Å². The van der Waals surface area contributed by atoms with Crippen molar-refractivity contribution in [2.75, 3.05) is 46.0 Å². The zero-order chi connectivity index (χ0) is 14.7. The van der Waals surface area contributed by atoms with E-state index >= 15 is 0 Å². The maximum Gasteiger partial charge on any atom is 0.253 e. The van der Waals surface area contributed by atoms with Crippen LogP contribution in [-0.4, -0.2) is 67.0 Å². The molecule has 1 amide bonds. The number of nitrogens with one attached hydrogen (secondary N) is 1. The largest absolute Gasteiger partial charge is 0.397 e. The number of aryl methyl sites for hydroxylation is 1. The Kier molecular flexibility index (Phi) is 4.57. The molecule has 1 atom stereocenters. The highest BCUT2D eigenvalue weighted by Gasteiger charge is 2.22. The number of rotatable bonds is 3. The molecule has 0 radical (unpaired) electrons. The average Bonchev–Trinajstić information content (AvgIpc) is 2.42. The van der Waals surface area contributed by atoms with Crippen LogP contribution in [0.2, 0.25) is 0 Å². The number of pyridine rings is 1. The molecule has 2 heterocycles. The molecule has 110 valence electrons. The Labute approximate surface area is 120 Å². The van der Waals surface area contributed by atoms with Gasteiger partial charge in [0.05, 0.1) is 23.1 Å². The van der Waals surface area contributed by atoms with Crippen molar-refractivity contribution < 1.29 is 4.79 Å². The van der Waals surface area contributed by atoms with Crippen LogP contribution in [-0.2, 0) is 0 Å². The third kappa shape index (κ3) is 3.46. The van der Waals surface area contributed by atoms with E-state index in [4.69, 9.17) is 5.73 Å². The van der Waals surface area contributed by atoms with E-state index in [9.17, 15) is 4.79 Å². The molecule has 0 aromatic carbocycles. The third-order valence-corrected chi connectivity index (χ3v) is 3.83. The molecule has 20 heavy (non-hydrogen) atoms. The molecule has 6 nitrogen and oxygen atoms in total. The van der Waals surface area contributed by atoms with E-state index in [-0.39, 0.29) is 5.91 Å². The number of nitrogens with zero attached hydrogens (tertiary/aromatic N) is 3. The second-order valence-corrected chi connectivity index (χ2v) is 5.51. The van der Waals surface area contributed by atoms with E-state index in [0.717, 1.165) is 19.6 Å². The van der Waals surface area contributed by atoms with Gasteiger partial charge in [0.2, 0.25) is 0 Å². The summed E-state index contributed by atoms with van der Waals surface area (Å²) in [6.07, 6.45) is 1.57. The summed E-state index contributed by atoms with van der Waals surface area (Å²) in [4.78, 5) is 20.9. The number of aromatic nitrogens is 1. The smallest absolute Gasteiger partial charge is 0.253 e. The molecular formula is C14H23N5O. The first-order valence-electron chi connectivity index (χ1n) is 6.86. The lowest BCUT2D eigenvalue weighted by Gasteiger charge is -2.37. The minimum Gasteiger partial charge on any atom is -0.397 e. The quantitative estimate of drug-likeness (QED) is 0.810. The summed E-state index contributed by atoms with van der Waals surface area (Å²) < 4.78 is 0. The van der Waals surface area contributed by atoms with Gasteiger partial charge in [-0.05, 0) is 27.1 Å². The van der Waals surface area contributed by atoms with Crippen molar-refractivity contribution in [3.8, 4) is 0 Å². The van der Waals surface area contributed by atoms with Crippen LogP contribution in [0.1, 0.15) is 16.1 Å². The van der Waals surface area contributed by atoms with E-state index in [2.05, 4.69) is 34.2 Å². The molecule has 1 aromatic heterocycles. The molecule has 0 aliphatic carbocycles. The number of likely N-dealkylation sites (N-methyl/N-ethyl adjacent to an activating group) is 2. The highest BCUT2D eigenvalue weighted by atomic mass is 16.1. The van der Waals surface area contributed by atoms with Gasteiger partial charge in [-0.3, -0.25) is 14.7 Å². The fourth-order valence-electron chi connectivity index (χ4n) is 2.41. The average molecular weight is 277 g/mol. The number of piperazine rings is 1. The minimum atomic E-state index is -0.107. The predicted molar refractivity (Wildman–Crippen MR) is 79.6 cm³/mol. The summed E-state index contributed by atoms with van der Waals surface area (Å²) in [6.45, 7) is 5.50. The van der Waals surface area contributed by atoms with Gasteiger partial charge in [-0.15, -0.1) is 0 Å². The van der Waals surface area contributed by atoms with Crippen molar-refractivity contribution >= 4 is 11.6 Å². The van der Waals surface area contributed by atoms with Gasteiger partial charge < -0.3 is 16.0 Å². The highest BCUT2D eigenvalue weighted by Crippen LogP contribution is 2.10. The lowest BCUT2D eigenvalue weighted by molar-refractivity contribution is 0.0880. The first-order chi connectivity index (χ1) is 9.47. The van der Waals surface area contributed by atoms with E-state index in [1.54, 1.807) is 12.3 Å². The molecule has 1 saturated heterocycles.